The SMILES string of the molecule is CC(O)C(c1c(F)c(C(F)F)nc(C(F)(F)F)c1F)C(C)O. The van der Waals surface area contributed by atoms with E-state index < -0.39 is 59.3 Å². The lowest BCUT2D eigenvalue weighted by molar-refractivity contribution is -0.144. The molecule has 0 fully saturated rings. The molecule has 0 aromatic carbocycles. The Hall–Kier alpha value is -1.42. The lowest BCUT2D eigenvalue weighted by Gasteiger charge is -2.26. The van der Waals surface area contributed by atoms with Crippen molar-refractivity contribution in [3.8, 4) is 0 Å². The molecule has 2 unspecified atom stereocenters. The summed E-state index contributed by atoms with van der Waals surface area (Å²) in [5.41, 5.74) is -5.69. The fraction of sp³-hybridized carbons (Fsp3) is 0.583. The molecular formula is C12H12F7NO2. The minimum Gasteiger partial charge on any atom is -0.393 e. The molecule has 1 rings (SSSR count). The summed E-state index contributed by atoms with van der Waals surface area (Å²) >= 11 is 0. The van der Waals surface area contributed by atoms with Crippen LogP contribution in [0.2, 0.25) is 0 Å². The molecule has 2 atom stereocenters. The van der Waals surface area contributed by atoms with Crippen LogP contribution in [0.15, 0.2) is 0 Å². The van der Waals surface area contributed by atoms with Crippen LogP contribution in [-0.4, -0.2) is 27.4 Å². The lowest BCUT2D eigenvalue weighted by Crippen LogP contribution is -2.30. The van der Waals surface area contributed by atoms with Crippen molar-refractivity contribution in [3.05, 3.63) is 28.6 Å². The third kappa shape index (κ3) is 3.49. The predicted octanol–water partition coefficient (Wildman–Crippen LogP) is 3.16. The molecule has 0 saturated heterocycles. The van der Waals surface area contributed by atoms with E-state index in [-0.39, 0.29) is 0 Å². The van der Waals surface area contributed by atoms with Gasteiger partial charge >= 0.3 is 6.18 Å². The molecule has 1 heterocycles. The smallest absolute Gasteiger partial charge is 0.393 e. The number of pyridine rings is 1. The van der Waals surface area contributed by atoms with Crippen molar-refractivity contribution in [1.29, 1.82) is 0 Å². The summed E-state index contributed by atoms with van der Waals surface area (Å²) in [6, 6.07) is 0. The van der Waals surface area contributed by atoms with Gasteiger partial charge in [-0.2, -0.15) is 13.2 Å². The van der Waals surface area contributed by atoms with Gasteiger partial charge in [-0.15, -0.1) is 0 Å². The van der Waals surface area contributed by atoms with Crippen LogP contribution in [-0.2, 0) is 6.18 Å². The predicted molar refractivity (Wildman–Crippen MR) is 60.2 cm³/mol. The number of alkyl halides is 5. The standard InChI is InChI=1S/C12H12F7NO2/c1-3(21)5(4(2)22)6-7(13)9(11(15)16)20-10(8(6)14)12(17,18)19/h3-5,11,21-22H,1-2H3. The van der Waals surface area contributed by atoms with E-state index in [1.54, 1.807) is 0 Å². The van der Waals surface area contributed by atoms with Crippen molar-refractivity contribution < 1.29 is 40.9 Å². The number of nitrogens with zero attached hydrogens (tertiary/aromatic N) is 1. The number of aromatic nitrogens is 1. The highest BCUT2D eigenvalue weighted by atomic mass is 19.4. The van der Waals surface area contributed by atoms with Crippen LogP contribution in [0.25, 0.3) is 0 Å². The summed E-state index contributed by atoms with van der Waals surface area (Å²) in [6.45, 7) is 1.90. The Balaban J connectivity index is 3.78. The van der Waals surface area contributed by atoms with Crippen molar-refractivity contribution >= 4 is 0 Å². The normalized spacial score (nSPS) is 16.7. The second-order valence-corrected chi connectivity index (χ2v) is 4.69. The maximum Gasteiger partial charge on any atom is 0.436 e. The molecule has 0 amide bonds. The van der Waals surface area contributed by atoms with Gasteiger partial charge in [-0.3, -0.25) is 0 Å². The van der Waals surface area contributed by atoms with Crippen LogP contribution in [0.1, 0.15) is 43.1 Å². The zero-order valence-electron chi connectivity index (χ0n) is 11.3. The van der Waals surface area contributed by atoms with Gasteiger partial charge in [0.25, 0.3) is 6.43 Å². The topological polar surface area (TPSA) is 53.4 Å². The van der Waals surface area contributed by atoms with E-state index in [4.69, 9.17) is 0 Å². The summed E-state index contributed by atoms with van der Waals surface area (Å²) in [4.78, 5) is 2.32. The van der Waals surface area contributed by atoms with E-state index in [1.807, 2.05) is 0 Å². The van der Waals surface area contributed by atoms with E-state index in [9.17, 15) is 40.9 Å². The third-order valence-electron chi connectivity index (χ3n) is 2.99. The maximum absolute atomic E-state index is 14.0. The highest BCUT2D eigenvalue weighted by Gasteiger charge is 2.43. The molecule has 0 aliphatic rings. The molecule has 126 valence electrons. The number of aliphatic hydroxyl groups excluding tert-OH is 2. The molecule has 3 nitrogen and oxygen atoms in total. The largest absolute Gasteiger partial charge is 0.436 e. The van der Waals surface area contributed by atoms with Crippen LogP contribution in [0.4, 0.5) is 30.7 Å². The maximum atomic E-state index is 14.0. The summed E-state index contributed by atoms with van der Waals surface area (Å²) in [5.74, 6) is -6.13. The first-order valence-electron chi connectivity index (χ1n) is 5.99. The van der Waals surface area contributed by atoms with Gasteiger partial charge in [-0.05, 0) is 13.8 Å². The fourth-order valence-electron chi connectivity index (χ4n) is 2.09. The van der Waals surface area contributed by atoms with Crippen LogP contribution in [0.3, 0.4) is 0 Å². The number of rotatable bonds is 4. The second kappa shape index (κ2) is 6.37. The van der Waals surface area contributed by atoms with E-state index in [2.05, 4.69) is 4.98 Å². The van der Waals surface area contributed by atoms with Gasteiger partial charge in [-0.25, -0.2) is 22.5 Å². The number of hydrogen-bond acceptors (Lipinski definition) is 3. The van der Waals surface area contributed by atoms with Crippen LogP contribution >= 0.6 is 0 Å². The summed E-state index contributed by atoms with van der Waals surface area (Å²) in [5, 5.41) is 18.9. The third-order valence-corrected chi connectivity index (χ3v) is 2.99. The number of aliphatic hydroxyl groups is 2. The summed E-state index contributed by atoms with van der Waals surface area (Å²) in [7, 11) is 0. The van der Waals surface area contributed by atoms with E-state index in [0.29, 0.717) is 0 Å². The minimum atomic E-state index is -5.45. The van der Waals surface area contributed by atoms with Crippen LogP contribution in [0.5, 0.6) is 0 Å². The van der Waals surface area contributed by atoms with Gasteiger partial charge in [0.05, 0.1) is 12.2 Å². The first-order valence-corrected chi connectivity index (χ1v) is 5.99. The molecule has 0 spiro atoms. The van der Waals surface area contributed by atoms with Gasteiger partial charge in [-0.1, -0.05) is 0 Å². The van der Waals surface area contributed by atoms with Crippen molar-refractivity contribution in [2.45, 2.75) is 44.6 Å². The average Bonchev–Trinajstić information content (AvgIpc) is 2.30. The van der Waals surface area contributed by atoms with Gasteiger partial charge in [0, 0.05) is 11.5 Å². The average molecular weight is 335 g/mol. The van der Waals surface area contributed by atoms with Crippen molar-refractivity contribution in [3.63, 3.8) is 0 Å². The minimum absolute atomic E-state index is 0.950. The Morgan fingerprint density at radius 1 is 0.955 bits per heavy atom. The highest BCUT2D eigenvalue weighted by Crippen LogP contribution is 2.39. The van der Waals surface area contributed by atoms with Crippen molar-refractivity contribution in [1.82, 2.24) is 4.98 Å². The summed E-state index contributed by atoms with van der Waals surface area (Å²) in [6.07, 6.45) is -12.6. The molecule has 0 aliphatic carbocycles. The van der Waals surface area contributed by atoms with Gasteiger partial charge < -0.3 is 10.2 Å². The fourth-order valence-corrected chi connectivity index (χ4v) is 2.09. The molecule has 0 radical (unpaired) electrons. The Bertz CT molecular complexity index is 535. The van der Waals surface area contributed by atoms with Crippen LogP contribution < -0.4 is 0 Å². The Morgan fingerprint density at radius 2 is 1.41 bits per heavy atom. The monoisotopic (exact) mass is 335 g/mol. The Morgan fingerprint density at radius 3 is 1.73 bits per heavy atom. The van der Waals surface area contributed by atoms with Gasteiger partial charge in [0.15, 0.2) is 17.3 Å². The van der Waals surface area contributed by atoms with E-state index >= 15 is 0 Å². The lowest BCUT2D eigenvalue weighted by atomic mass is 9.88. The molecule has 22 heavy (non-hydrogen) atoms. The van der Waals surface area contributed by atoms with E-state index in [0.717, 1.165) is 13.8 Å². The molecule has 0 saturated carbocycles. The Kier molecular flexibility index (Phi) is 5.39. The van der Waals surface area contributed by atoms with Gasteiger partial charge in [0.1, 0.15) is 5.69 Å². The quantitative estimate of drug-likeness (QED) is 0.831. The molecule has 0 bridgehead atoms. The highest BCUT2D eigenvalue weighted by molar-refractivity contribution is 5.32. The van der Waals surface area contributed by atoms with Crippen molar-refractivity contribution in [2.24, 2.45) is 0 Å². The van der Waals surface area contributed by atoms with Gasteiger partial charge in [0.2, 0.25) is 0 Å². The molecule has 10 heteroatoms. The zero-order chi connectivity index (χ0) is 17.4. The molecular weight excluding hydrogens is 323 g/mol. The van der Waals surface area contributed by atoms with Crippen LogP contribution in [0, 0.1) is 11.6 Å². The zero-order valence-corrected chi connectivity index (χ0v) is 11.3. The number of hydrogen-bond donors (Lipinski definition) is 2. The van der Waals surface area contributed by atoms with E-state index in [1.165, 1.54) is 0 Å². The molecule has 0 aliphatic heterocycles. The second-order valence-electron chi connectivity index (χ2n) is 4.69. The molecule has 2 N–H and O–H groups in total. The van der Waals surface area contributed by atoms with Crippen molar-refractivity contribution in [2.75, 3.05) is 0 Å². The first kappa shape index (κ1) is 18.6. The first-order chi connectivity index (χ1) is 9.89. The number of halogens is 7. The molecule has 1 aromatic heterocycles. The summed E-state index contributed by atoms with van der Waals surface area (Å²) < 4.78 is 91.2. The Labute approximate surface area is 120 Å². The molecule has 1 aromatic rings.